The molecule has 1 aromatic carbocycles. The predicted octanol–water partition coefficient (Wildman–Crippen LogP) is 1.45. The summed E-state index contributed by atoms with van der Waals surface area (Å²) >= 11 is 0. The van der Waals surface area contributed by atoms with E-state index in [1.165, 1.54) is 67.5 Å². The number of nitrogens with zero attached hydrogens (tertiary/aromatic N) is 1. The maximum absolute atomic E-state index is 14.5. The highest BCUT2D eigenvalue weighted by Gasteiger charge is 2.55. The van der Waals surface area contributed by atoms with Crippen molar-refractivity contribution in [3.63, 3.8) is 0 Å². The number of likely N-dealkylation sites (tertiary alicyclic amines) is 1. The molecule has 3 N–H and O–H groups in total. The number of benzene rings is 1. The van der Waals surface area contributed by atoms with Crippen LogP contribution < -0.4 is 17.7 Å². The molecule has 2 aromatic rings. The van der Waals surface area contributed by atoms with Crippen LogP contribution in [-0.2, 0) is 16.6 Å². The molecule has 5 heteroatoms. The van der Waals surface area contributed by atoms with Gasteiger partial charge in [0, 0.05) is 24.0 Å². The number of halogens is 1. The van der Waals surface area contributed by atoms with Gasteiger partial charge >= 0.3 is 0 Å². The first kappa shape index (κ1) is 24.9. The van der Waals surface area contributed by atoms with Gasteiger partial charge in [0.05, 0.1) is 18.5 Å². The Hall–Kier alpha value is -1.78. The summed E-state index contributed by atoms with van der Waals surface area (Å²) in [5, 5.41) is 2.44. The summed E-state index contributed by atoms with van der Waals surface area (Å²) < 4.78 is 0. The Labute approximate surface area is 217 Å². The lowest BCUT2D eigenvalue weighted by atomic mass is 9.65. The summed E-state index contributed by atoms with van der Waals surface area (Å²) in [6.07, 6.45) is 12.4. The zero-order valence-electron chi connectivity index (χ0n) is 21.3. The second-order valence-electron chi connectivity index (χ2n) is 11.8. The van der Waals surface area contributed by atoms with Gasteiger partial charge in [-0.3, -0.25) is 4.79 Å². The highest BCUT2D eigenvalue weighted by atomic mass is 35.5. The fourth-order valence-corrected chi connectivity index (χ4v) is 8.25. The minimum absolute atomic E-state index is 0. The van der Waals surface area contributed by atoms with E-state index in [4.69, 9.17) is 0 Å². The zero-order chi connectivity index (χ0) is 23.1. The maximum Gasteiger partial charge on any atom is 0.232 e. The van der Waals surface area contributed by atoms with E-state index >= 15 is 0 Å². The average Bonchev–Trinajstić information content (AvgIpc) is 3.48. The average molecular weight is 496 g/mol. The van der Waals surface area contributed by atoms with Crippen LogP contribution in [0.2, 0.25) is 0 Å². The molecule has 0 radical (unpaired) electrons. The van der Waals surface area contributed by atoms with Crippen LogP contribution >= 0.6 is 0 Å². The van der Waals surface area contributed by atoms with E-state index in [1.807, 2.05) is 0 Å². The lowest BCUT2D eigenvalue weighted by molar-refractivity contribution is -0.640. The van der Waals surface area contributed by atoms with Crippen LogP contribution in [0.15, 0.2) is 36.4 Å². The Morgan fingerprint density at radius 1 is 1.09 bits per heavy atom. The number of aromatic nitrogens is 1. The van der Waals surface area contributed by atoms with Gasteiger partial charge in [0.15, 0.2) is 0 Å². The van der Waals surface area contributed by atoms with E-state index in [-0.39, 0.29) is 23.7 Å². The number of quaternary nitrogens is 1. The largest absolute Gasteiger partial charge is 1.00 e. The molecule has 190 valence electrons. The van der Waals surface area contributed by atoms with Crippen LogP contribution in [0.3, 0.4) is 0 Å². The Bertz CT molecular complexity index is 1010. The van der Waals surface area contributed by atoms with Crippen molar-refractivity contribution in [2.24, 2.45) is 11.8 Å². The molecular formula is C30H42ClN3O. The number of aryl methyl sites for hydroxylation is 2. The quantitative estimate of drug-likeness (QED) is 0.665. The molecule has 35 heavy (non-hydrogen) atoms. The molecular weight excluding hydrogens is 454 g/mol. The van der Waals surface area contributed by atoms with Crippen LogP contribution in [-0.4, -0.2) is 41.5 Å². The molecule has 3 heterocycles. The number of aromatic amines is 1. The summed E-state index contributed by atoms with van der Waals surface area (Å²) in [6, 6.07) is 13.9. The van der Waals surface area contributed by atoms with E-state index in [0.29, 0.717) is 23.8 Å². The van der Waals surface area contributed by atoms with Gasteiger partial charge in [-0.25, -0.2) is 0 Å². The standard InChI is InChI=1S/C30H41N3O.ClH/c1-21-17-25-27(32-21)13-8-15-30(25)20-31-19-26(30)29(34)33-16-14-24(22-9-4-2-5-10-22)18-28(33)23-11-6-3-7-12-23;/h2,4-5,9-10,17,23-24,26,28,31-32H,3,6-8,11-16,18-20H2,1H3;1H/t24-,26?,28+,30+;/m1./s1. The molecule has 1 unspecified atom stereocenters. The van der Waals surface area contributed by atoms with Crippen LogP contribution in [0.25, 0.3) is 0 Å². The summed E-state index contributed by atoms with van der Waals surface area (Å²) in [5.74, 6) is 1.88. The number of fused-ring (bicyclic) bond motifs is 2. The van der Waals surface area contributed by atoms with Crippen LogP contribution in [0.5, 0.6) is 0 Å². The molecule has 4 atom stereocenters. The van der Waals surface area contributed by atoms with Crippen molar-refractivity contribution in [2.45, 2.75) is 88.5 Å². The van der Waals surface area contributed by atoms with E-state index in [1.54, 1.807) is 0 Å². The van der Waals surface area contributed by atoms with Crippen molar-refractivity contribution in [2.75, 3.05) is 19.6 Å². The minimum Gasteiger partial charge on any atom is -1.00 e. The number of amides is 1. The second-order valence-corrected chi connectivity index (χ2v) is 11.8. The van der Waals surface area contributed by atoms with Crippen molar-refractivity contribution < 1.29 is 22.5 Å². The maximum atomic E-state index is 14.5. The van der Waals surface area contributed by atoms with Crippen LogP contribution in [0.4, 0.5) is 0 Å². The molecule has 1 amide bonds. The number of nitrogens with two attached hydrogens (primary N) is 1. The van der Waals surface area contributed by atoms with E-state index in [9.17, 15) is 4.79 Å². The third-order valence-electron chi connectivity index (χ3n) is 9.89. The van der Waals surface area contributed by atoms with Gasteiger partial charge in [-0.2, -0.15) is 0 Å². The number of carbonyl (C=O) groups excluding carboxylic acids is 1. The third kappa shape index (κ3) is 4.46. The molecule has 2 saturated heterocycles. The van der Waals surface area contributed by atoms with E-state index in [2.05, 4.69) is 58.5 Å². The van der Waals surface area contributed by atoms with E-state index < -0.39 is 0 Å². The smallest absolute Gasteiger partial charge is 0.232 e. The van der Waals surface area contributed by atoms with Gasteiger partial charge in [-0.05, 0) is 80.9 Å². The van der Waals surface area contributed by atoms with Crippen molar-refractivity contribution >= 4 is 5.91 Å². The van der Waals surface area contributed by atoms with Gasteiger partial charge in [0.25, 0.3) is 0 Å². The fourth-order valence-electron chi connectivity index (χ4n) is 8.25. The second kappa shape index (κ2) is 10.3. The van der Waals surface area contributed by atoms with E-state index in [0.717, 1.165) is 38.9 Å². The number of hydrogen-bond donors (Lipinski definition) is 2. The number of rotatable bonds is 3. The SMILES string of the molecule is Cc1cc2c([nH]1)CCC[C@]21C[NH2+]CC1C(=O)N1CC[C@@H](c2ccccc2)C[C@H]1C1CCCCC1.[Cl-]. The summed E-state index contributed by atoms with van der Waals surface area (Å²) in [6.45, 7) is 5.14. The fraction of sp³-hybridized carbons (Fsp3) is 0.633. The topological polar surface area (TPSA) is 52.7 Å². The van der Waals surface area contributed by atoms with Gasteiger partial charge in [0.1, 0.15) is 5.92 Å². The van der Waals surface area contributed by atoms with Gasteiger partial charge in [-0.1, -0.05) is 49.6 Å². The molecule has 4 nitrogen and oxygen atoms in total. The molecule has 1 saturated carbocycles. The lowest BCUT2D eigenvalue weighted by Gasteiger charge is -2.47. The van der Waals surface area contributed by atoms with Gasteiger partial charge in [-0.15, -0.1) is 0 Å². The summed E-state index contributed by atoms with van der Waals surface area (Å²) in [5.41, 5.74) is 5.64. The van der Waals surface area contributed by atoms with Crippen LogP contribution in [0.1, 0.15) is 86.2 Å². The number of piperidine rings is 1. The van der Waals surface area contributed by atoms with Crippen molar-refractivity contribution in [1.29, 1.82) is 0 Å². The highest BCUT2D eigenvalue weighted by molar-refractivity contribution is 5.82. The predicted molar refractivity (Wildman–Crippen MR) is 136 cm³/mol. The van der Waals surface area contributed by atoms with Crippen molar-refractivity contribution in [3.8, 4) is 0 Å². The number of hydrogen-bond acceptors (Lipinski definition) is 1. The van der Waals surface area contributed by atoms with Crippen molar-refractivity contribution in [1.82, 2.24) is 9.88 Å². The summed E-state index contributed by atoms with van der Waals surface area (Å²) in [4.78, 5) is 20.5. The molecule has 4 aliphatic rings. The number of H-pyrrole nitrogens is 1. The van der Waals surface area contributed by atoms with Gasteiger partial charge in [0.2, 0.25) is 5.91 Å². The first-order valence-corrected chi connectivity index (χ1v) is 14.0. The number of carbonyl (C=O) groups is 1. The molecule has 3 fully saturated rings. The normalized spacial score (nSPS) is 31.2. The third-order valence-corrected chi connectivity index (χ3v) is 9.89. The molecule has 2 aliphatic heterocycles. The highest BCUT2D eigenvalue weighted by Crippen LogP contribution is 2.46. The monoisotopic (exact) mass is 495 g/mol. The molecule has 1 aromatic heterocycles. The first-order valence-electron chi connectivity index (χ1n) is 14.0. The zero-order valence-corrected chi connectivity index (χ0v) is 22.0. The summed E-state index contributed by atoms with van der Waals surface area (Å²) in [7, 11) is 0. The van der Waals surface area contributed by atoms with Crippen LogP contribution in [0, 0.1) is 18.8 Å². The van der Waals surface area contributed by atoms with Crippen molar-refractivity contribution in [3.05, 3.63) is 58.9 Å². The molecule has 1 spiro atoms. The molecule has 6 rings (SSSR count). The Morgan fingerprint density at radius 2 is 1.89 bits per heavy atom. The van der Waals surface area contributed by atoms with Gasteiger partial charge < -0.3 is 27.6 Å². The Balaban J connectivity index is 0.00000253. The number of nitrogens with one attached hydrogen (secondary N) is 1. The Kier molecular flexibility index (Phi) is 7.33. The lowest BCUT2D eigenvalue weighted by Crippen LogP contribution is -3.00. The minimum atomic E-state index is 0. The Morgan fingerprint density at radius 3 is 2.69 bits per heavy atom. The first-order chi connectivity index (χ1) is 16.7. The molecule has 2 aliphatic carbocycles. The molecule has 0 bridgehead atoms.